The van der Waals surface area contributed by atoms with Crippen molar-refractivity contribution in [1.29, 1.82) is 0 Å². The molecule has 7 nitrogen and oxygen atoms in total. The Morgan fingerprint density at radius 2 is 2.17 bits per heavy atom. The summed E-state index contributed by atoms with van der Waals surface area (Å²) in [7, 11) is 5.37. The van der Waals surface area contributed by atoms with E-state index in [1.54, 1.807) is 37.5 Å². The Labute approximate surface area is 141 Å². The van der Waals surface area contributed by atoms with Crippen LogP contribution in [-0.2, 0) is 16.0 Å². The second-order valence-electron chi connectivity index (χ2n) is 5.94. The number of likely N-dealkylation sites (N-methyl/N-ethyl adjacent to an activating group) is 1. The van der Waals surface area contributed by atoms with E-state index in [0.29, 0.717) is 18.1 Å². The van der Waals surface area contributed by atoms with Gasteiger partial charge in [-0.05, 0) is 30.2 Å². The topological polar surface area (TPSA) is 91.6 Å². The number of hydrogen-bond donors (Lipinski definition) is 2. The molecule has 0 radical (unpaired) electrons. The fourth-order valence-corrected chi connectivity index (χ4v) is 2.72. The van der Waals surface area contributed by atoms with E-state index in [-0.39, 0.29) is 11.8 Å². The van der Waals surface area contributed by atoms with Gasteiger partial charge >= 0.3 is 0 Å². The number of amides is 2. The Hall–Kier alpha value is -2.83. The Bertz CT molecular complexity index is 683. The van der Waals surface area contributed by atoms with Crippen LogP contribution in [-0.4, -0.2) is 53.8 Å². The molecule has 1 aliphatic heterocycles. The largest absolute Gasteiger partial charge is 0.384 e. The van der Waals surface area contributed by atoms with Gasteiger partial charge < -0.3 is 16.0 Å². The molecule has 0 aliphatic carbocycles. The van der Waals surface area contributed by atoms with Crippen molar-refractivity contribution < 1.29 is 9.59 Å². The van der Waals surface area contributed by atoms with Crippen LogP contribution in [0.2, 0.25) is 0 Å². The van der Waals surface area contributed by atoms with E-state index in [4.69, 9.17) is 5.73 Å². The van der Waals surface area contributed by atoms with Gasteiger partial charge in [0.25, 0.3) is 5.91 Å². The van der Waals surface area contributed by atoms with Crippen LogP contribution in [0.3, 0.4) is 0 Å². The molecule has 0 spiro atoms. The number of pyridine rings is 1. The molecule has 128 valence electrons. The number of rotatable bonds is 6. The summed E-state index contributed by atoms with van der Waals surface area (Å²) in [6.45, 7) is 3.67. The quantitative estimate of drug-likeness (QED) is 0.581. The molecule has 2 rings (SSSR count). The van der Waals surface area contributed by atoms with Crippen LogP contribution in [0.5, 0.6) is 0 Å². The zero-order chi connectivity index (χ0) is 17.9. The highest BCUT2D eigenvalue weighted by atomic mass is 16.2. The number of carbonyl (C=O) groups is 2. The maximum absolute atomic E-state index is 12.7. The molecule has 0 saturated carbocycles. The van der Waals surface area contributed by atoms with Crippen LogP contribution in [0.1, 0.15) is 5.56 Å². The highest BCUT2D eigenvalue weighted by molar-refractivity contribution is 5.99. The van der Waals surface area contributed by atoms with Gasteiger partial charge in [0.15, 0.2) is 0 Å². The van der Waals surface area contributed by atoms with Gasteiger partial charge in [0.05, 0.1) is 5.92 Å². The summed E-state index contributed by atoms with van der Waals surface area (Å²) in [5, 5.41) is 2.70. The molecule has 1 aromatic heterocycles. The molecule has 2 amide bonds. The first-order valence-electron chi connectivity index (χ1n) is 7.63. The first-order chi connectivity index (χ1) is 11.3. The maximum Gasteiger partial charge on any atom is 0.251 e. The van der Waals surface area contributed by atoms with Gasteiger partial charge in [-0.3, -0.25) is 14.5 Å². The molecule has 2 atom stereocenters. The predicted octanol–water partition coefficient (Wildman–Crippen LogP) is 0.368. The molecule has 1 aliphatic rings. The lowest BCUT2D eigenvalue weighted by molar-refractivity contribution is -0.147. The fourth-order valence-electron chi connectivity index (χ4n) is 2.72. The molecule has 3 N–H and O–H groups in total. The van der Waals surface area contributed by atoms with Crippen molar-refractivity contribution in [2.24, 2.45) is 5.92 Å². The Kier molecular flexibility index (Phi) is 5.23. The average molecular weight is 329 g/mol. The van der Waals surface area contributed by atoms with Crippen LogP contribution >= 0.6 is 0 Å². The second-order valence-corrected chi connectivity index (χ2v) is 5.94. The van der Waals surface area contributed by atoms with E-state index >= 15 is 0 Å². The Balaban J connectivity index is 2.13. The zero-order valence-corrected chi connectivity index (χ0v) is 14.2. The molecular weight excluding hydrogens is 306 g/mol. The van der Waals surface area contributed by atoms with Crippen molar-refractivity contribution in [2.75, 3.05) is 26.9 Å². The summed E-state index contributed by atoms with van der Waals surface area (Å²) < 4.78 is 0. The van der Waals surface area contributed by atoms with Crippen molar-refractivity contribution in [2.45, 2.75) is 12.5 Å². The van der Waals surface area contributed by atoms with E-state index in [9.17, 15) is 9.59 Å². The molecule has 2 heterocycles. The first kappa shape index (κ1) is 17.5. The van der Waals surface area contributed by atoms with Crippen molar-refractivity contribution in [1.82, 2.24) is 20.1 Å². The van der Waals surface area contributed by atoms with Crippen LogP contribution in [0.15, 0.2) is 42.9 Å². The van der Waals surface area contributed by atoms with Crippen molar-refractivity contribution in [3.05, 3.63) is 48.4 Å². The van der Waals surface area contributed by atoms with E-state index in [0.717, 1.165) is 5.56 Å². The molecule has 1 unspecified atom stereocenters. The zero-order valence-electron chi connectivity index (χ0n) is 14.2. The average Bonchev–Trinajstić information content (AvgIpc) is 2.54. The summed E-state index contributed by atoms with van der Waals surface area (Å²) in [5.74, 6) is 0.396. The number of β-lactam (4-membered cyclic amide) rings is 1. The lowest BCUT2D eigenvalue weighted by Crippen LogP contribution is -2.65. The fraction of sp³-hybridized carbons (Fsp3) is 0.353. The summed E-state index contributed by atoms with van der Waals surface area (Å²) in [5.41, 5.74) is 6.55. The third-order valence-electron chi connectivity index (χ3n) is 4.00. The second kappa shape index (κ2) is 7.16. The highest BCUT2D eigenvalue weighted by Crippen LogP contribution is 2.24. The molecule has 1 saturated heterocycles. The first-order valence-corrected chi connectivity index (χ1v) is 7.63. The van der Waals surface area contributed by atoms with Crippen molar-refractivity contribution in [3.8, 4) is 0 Å². The number of aromatic nitrogens is 1. The number of nitrogens with one attached hydrogen (secondary N) is 1. The Morgan fingerprint density at radius 3 is 2.71 bits per heavy atom. The number of hydrogen-bond acceptors (Lipinski definition) is 5. The number of nitrogens with two attached hydrogens (primary N) is 1. The third-order valence-corrected chi connectivity index (χ3v) is 4.00. The van der Waals surface area contributed by atoms with Crippen LogP contribution in [0.25, 0.3) is 0 Å². The molecule has 0 aromatic carbocycles. The predicted molar refractivity (Wildman–Crippen MR) is 92.5 cm³/mol. The number of carbonyl (C=O) groups excluding carboxylic acids is 2. The molecule has 7 heteroatoms. The van der Waals surface area contributed by atoms with Gasteiger partial charge in [-0.15, -0.1) is 0 Å². The molecular formula is C17H23N5O2. The number of nitrogen functional groups attached to an aromatic ring is 1. The molecule has 1 aromatic rings. The van der Waals surface area contributed by atoms with E-state index in [1.165, 1.54) is 4.90 Å². The summed E-state index contributed by atoms with van der Waals surface area (Å²) in [6.07, 6.45) is 5.42. The number of allylic oxidation sites excluding steroid dienone is 2. The number of anilines is 1. The minimum atomic E-state index is -0.551. The molecule has 1 fully saturated rings. The summed E-state index contributed by atoms with van der Waals surface area (Å²) >= 11 is 0. The van der Waals surface area contributed by atoms with Gasteiger partial charge in [0, 0.05) is 27.3 Å². The van der Waals surface area contributed by atoms with E-state index in [1.807, 2.05) is 19.0 Å². The highest BCUT2D eigenvalue weighted by Gasteiger charge is 2.45. The van der Waals surface area contributed by atoms with Crippen molar-refractivity contribution >= 4 is 17.6 Å². The van der Waals surface area contributed by atoms with E-state index in [2.05, 4.69) is 16.9 Å². The molecule has 0 bridgehead atoms. The Morgan fingerprint density at radius 1 is 1.46 bits per heavy atom. The lowest BCUT2D eigenvalue weighted by atomic mass is 9.84. The van der Waals surface area contributed by atoms with E-state index < -0.39 is 12.0 Å². The lowest BCUT2D eigenvalue weighted by Gasteiger charge is -2.39. The third kappa shape index (κ3) is 3.56. The SMILES string of the molecule is C=C/C=C(\N(C)C)N(C)C(=O)C1NC(=O)[C@@H]1Cc1ccnc(N)c1. The minimum Gasteiger partial charge on any atom is -0.384 e. The summed E-state index contributed by atoms with van der Waals surface area (Å²) in [6, 6.07) is 2.97. The maximum atomic E-state index is 12.7. The van der Waals surface area contributed by atoms with Gasteiger partial charge in [-0.1, -0.05) is 12.7 Å². The monoisotopic (exact) mass is 329 g/mol. The van der Waals surface area contributed by atoms with Crippen molar-refractivity contribution in [3.63, 3.8) is 0 Å². The van der Waals surface area contributed by atoms with Crippen LogP contribution in [0, 0.1) is 5.92 Å². The normalized spacial score (nSPS) is 20.0. The standard InChI is InChI=1S/C17H23N5O2/c1-5-6-14(21(2)3)22(4)17(24)15-12(16(23)20-15)9-11-7-8-19-13(18)10-11/h5-8,10,12,15H,1,9H2,2-4H3,(H2,18,19)(H,20,23)/b14-6+/t12-,15?/m1/s1. The van der Waals surface area contributed by atoms with Gasteiger partial charge in [-0.25, -0.2) is 4.98 Å². The summed E-state index contributed by atoms with van der Waals surface area (Å²) in [4.78, 5) is 31.9. The van der Waals surface area contributed by atoms with Gasteiger partial charge in [0.2, 0.25) is 5.91 Å². The van der Waals surface area contributed by atoms with Crippen LogP contribution < -0.4 is 11.1 Å². The smallest absolute Gasteiger partial charge is 0.251 e. The van der Waals surface area contributed by atoms with Crippen LogP contribution in [0.4, 0.5) is 5.82 Å². The minimum absolute atomic E-state index is 0.128. The number of nitrogens with zero attached hydrogens (tertiary/aromatic N) is 3. The van der Waals surface area contributed by atoms with Gasteiger partial charge in [0.1, 0.15) is 17.7 Å². The molecule has 24 heavy (non-hydrogen) atoms. The van der Waals surface area contributed by atoms with Gasteiger partial charge in [-0.2, -0.15) is 0 Å².